The van der Waals surface area contributed by atoms with E-state index in [2.05, 4.69) is 15.1 Å². The Hall–Kier alpha value is -2.83. The van der Waals surface area contributed by atoms with Crippen molar-refractivity contribution >= 4 is 17.4 Å². The first-order chi connectivity index (χ1) is 12.0. The third-order valence-corrected chi connectivity index (χ3v) is 5.17. The number of benzene rings is 1. The van der Waals surface area contributed by atoms with E-state index in [1.165, 1.54) is 0 Å². The fourth-order valence-electron chi connectivity index (χ4n) is 4.08. The van der Waals surface area contributed by atoms with Gasteiger partial charge < -0.3 is 20.6 Å². The smallest absolute Gasteiger partial charge is 0.220 e. The number of nitrogens with zero attached hydrogens (tertiary/aromatic N) is 4. The van der Waals surface area contributed by atoms with Crippen LogP contribution in [0.3, 0.4) is 0 Å². The SMILES string of the molecule is CC(=O)N1C2CCC1CN(c1cc(-c3ccccc3O)nnc1N)C2. The first kappa shape index (κ1) is 15.7. The molecule has 2 saturated heterocycles. The summed E-state index contributed by atoms with van der Waals surface area (Å²) in [5.74, 6) is 0.673. The normalized spacial score (nSPS) is 22.3. The number of para-hydroxylation sites is 1. The third-order valence-electron chi connectivity index (χ3n) is 5.17. The molecule has 7 heteroatoms. The standard InChI is InChI=1S/C18H21N5O2/c1-11(24)23-12-6-7-13(23)10-22(9-12)16-8-15(20-21-18(16)19)14-4-2-3-5-17(14)25/h2-5,8,12-13,25H,6-7,9-10H2,1H3,(H2,19,21). The maximum absolute atomic E-state index is 11.9. The second kappa shape index (κ2) is 5.91. The predicted molar refractivity (Wildman–Crippen MR) is 95.1 cm³/mol. The Labute approximate surface area is 146 Å². The summed E-state index contributed by atoms with van der Waals surface area (Å²) in [6.07, 6.45) is 2.04. The number of nitrogens with two attached hydrogens (primary N) is 1. The van der Waals surface area contributed by atoms with Gasteiger partial charge in [-0.15, -0.1) is 10.2 Å². The van der Waals surface area contributed by atoms with Gasteiger partial charge in [0.1, 0.15) is 5.75 Å². The zero-order valence-corrected chi connectivity index (χ0v) is 14.1. The summed E-state index contributed by atoms with van der Waals surface area (Å²) in [7, 11) is 0. The minimum atomic E-state index is 0.142. The number of aromatic nitrogens is 2. The van der Waals surface area contributed by atoms with Gasteiger partial charge in [-0.2, -0.15) is 0 Å². The van der Waals surface area contributed by atoms with Crippen LogP contribution in [0.4, 0.5) is 11.5 Å². The number of carbonyl (C=O) groups is 1. The highest BCUT2D eigenvalue weighted by molar-refractivity contribution is 5.77. The van der Waals surface area contributed by atoms with Gasteiger partial charge in [0.15, 0.2) is 5.82 Å². The summed E-state index contributed by atoms with van der Waals surface area (Å²) < 4.78 is 0. The summed E-state index contributed by atoms with van der Waals surface area (Å²) in [5.41, 5.74) is 8.11. The summed E-state index contributed by atoms with van der Waals surface area (Å²) in [4.78, 5) is 16.1. The van der Waals surface area contributed by atoms with Crippen molar-refractivity contribution in [3.05, 3.63) is 30.3 Å². The van der Waals surface area contributed by atoms with Crippen LogP contribution in [-0.4, -0.2) is 51.3 Å². The molecule has 3 N–H and O–H groups in total. The number of phenolic OH excluding ortho intramolecular Hbond substituents is 1. The molecule has 3 heterocycles. The molecular formula is C18H21N5O2. The van der Waals surface area contributed by atoms with Crippen molar-refractivity contribution in [1.29, 1.82) is 0 Å². The zero-order valence-electron chi connectivity index (χ0n) is 14.1. The van der Waals surface area contributed by atoms with E-state index in [-0.39, 0.29) is 23.7 Å². The average Bonchev–Trinajstić information content (AvgIpc) is 2.87. The lowest BCUT2D eigenvalue weighted by molar-refractivity contribution is -0.132. The van der Waals surface area contributed by atoms with Gasteiger partial charge in [0, 0.05) is 37.7 Å². The highest BCUT2D eigenvalue weighted by Crippen LogP contribution is 2.36. The van der Waals surface area contributed by atoms with Crippen molar-refractivity contribution < 1.29 is 9.90 Å². The number of rotatable bonds is 2. The Morgan fingerprint density at radius 3 is 2.52 bits per heavy atom. The fourth-order valence-corrected chi connectivity index (χ4v) is 4.08. The number of hydrogen-bond acceptors (Lipinski definition) is 6. The number of carbonyl (C=O) groups excluding carboxylic acids is 1. The summed E-state index contributed by atoms with van der Waals surface area (Å²) >= 11 is 0. The molecule has 0 saturated carbocycles. The minimum absolute atomic E-state index is 0.142. The van der Waals surface area contributed by atoms with Crippen LogP contribution < -0.4 is 10.6 Å². The Morgan fingerprint density at radius 1 is 1.20 bits per heavy atom. The Bertz CT molecular complexity index is 811. The van der Waals surface area contributed by atoms with Crippen LogP contribution in [-0.2, 0) is 4.79 Å². The maximum atomic E-state index is 11.9. The van der Waals surface area contributed by atoms with E-state index in [1.807, 2.05) is 17.0 Å². The molecule has 2 aliphatic heterocycles. The molecule has 1 aromatic carbocycles. The highest BCUT2D eigenvalue weighted by atomic mass is 16.3. The molecule has 0 radical (unpaired) electrons. The van der Waals surface area contributed by atoms with Crippen LogP contribution in [0.1, 0.15) is 19.8 Å². The molecular weight excluding hydrogens is 318 g/mol. The number of fused-ring (bicyclic) bond motifs is 2. The molecule has 2 fully saturated rings. The number of piperazine rings is 1. The van der Waals surface area contributed by atoms with Crippen LogP contribution in [0.25, 0.3) is 11.3 Å². The van der Waals surface area contributed by atoms with Gasteiger partial charge in [0.2, 0.25) is 5.91 Å². The van der Waals surface area contributed by atoms with Gasteiger partial charge in [-0.1, -0.05) is 12.1 Å². The topological polar surface area (TPSA) is 95.6 Å². The number of phenols is 1. The molecule has 7 nitrogen and oxygen atoms in total. The lowest BCUT2D eigenvalue weighted by Crippen LogP contribution is -2.55. The largest absolute Gasteiger partial charge is 0.507 e. The molecule has 2 unspecified atom stereocenters. The molecule has 0 spiro atoms. The predicted octanol–water partition coefficient (Wildman–Crippen LogP) is 1.63. The van der Waals surface area contributed by atoms with Crippen LogP contribution in [0.5, 0.6) is 5.75 Å². The van der Waals surface area contributed by atoms with Gasteiger partial charge in [-0.05, 0) is 31.0 Å². The van der Waals surface area contributed by atoms with Crippen molar-refractivity contribution in [2.75, 3.05) is 23.7 Å². The Kier molecular flexibility index (Phi) is 3.71. The van der Waals surface area contributed by atoms with E-state index in [4.69, 9.17) is 5.73 Å². The fraction of sp³-hybridized carbons (Fsp3) is 0.389. The van der Waals surface area contributed by atoms with Crippen LogP contribution in [0.15, 0.2) is 30.3 Å². The van der Waals surface area contributed by atoms with Crippen LogP contribution >= 0.6 is 0 Å². The van der Waals surface area contributed by atoms with E-state index >= 15 is 0 Å². The van der Waals surface area contributed by atoms with E-state index in [9.17, 15) is 9.90 Å². The minimum Gasteiger partial charge on any atom is -0.507 e. The van der Waals surface area contributed by atoms with Gasteiger partial charge in [0.05, 0.1) is 11.4 Å². The van der Waals surface area contributed by atoms with E-state index in [1.54, 1.807) is 25.1 Å². The third kappa shape index (κ3) is 2.65. The van der Waals surface area contributed by atoms with Crippen molar-refractivity contribution in [2.45, 2.75) is 31.8 Å². The van der Waals surface area contributed by atoms with Crippen molar-refractivity contribution in [2.24, 2.45) is 0 Å². The van der Waals surface area contributed by atoms with Crippen LogP contribution in [0, 0.1) is 0 Å². The highest BCUT2D eigenvalue weighted by Gasteiger charge is 2.41. The number of nitrogen functional groups attached to an aromatic ring is 1. The summed E-state index contributed by atoms with van der Waals surface area (Å²) in [6, 6.07) is 9.35. The van der Waals surface area contributed by atoms with Gasteiger partial charge in [0.25, 0.3) is 0 Å². The molecule has 4 rings (SSSR count). The summed E-state index contributed by atoms with van der Waals surface area (Å²) in [6.45, 7) is 3.12. The van der Waals surface area contributed by atoms with E-state index in [0.29, 0.717) is 17.1 Å². The number of amides is 1. The van der Waals surface area contributed by atoms with Crippen molar-refractivity contribution in [3.63, 3.8) is 0 Å². The molecule has 2 aliphatic rings. The molecule has 1 amide bonds. The Balaban J connectivity index is 1.67. The lowest BCUT2D eigenvalue weighted by atomic mass is 10.1. The second-order valence-electron chi connectivity index (χ2n) is 6.73. The van der Waals surface area contributed by atoms with Gasteiger partial charge in [-0.25, -0.2) is 0 Å². The van der Waals surface area contributed by atoms with Gasteiger partial charge in [-0.3, -0.25) is 4.79 Å². The molecule has 25 heavy (non-hydrogen) atoms. The maximum Gasteiger partial charge on any atom is 0.220 e. The first-order valence-corrected chi connectivity index (χ1v) is 8.50. The monoisotopic (exact) mass is 339 g/mol. The quantitative estimate of drug-likeness (QED) is 0.863. The molecule has 130 valence electrons. The summed E-state index contributed by atoms with van der Waals surface area (Å²) in [5, 5.41) is 18.3. The van der Waals surface area contributed by atoms with Crippen molar-refractivity contribution in [3.8, 4) is 17.0 Å². The second-order valence-corrected chi connectivity index (χ2v) is 6.73. The molecule has 0 aliphatic carbocycles. The first-order valence-electron chi connectivity index (χ1n) is 8.50. The van der Waals surface area contributed by atoms with Crippen LogP contribution in [0.2, 0.25) is 0 Å². The number of aromatic hydroxyl groups is 1. The van der Waals surface area contributed by atoms with E-state index < -0.39 is 0 Å². The molecule has 2 bridgehead atoms. The Morgan fingerprint density at radius 2 is 1.88 bits per heavy atom. The van der Waals surface area contributed by atoms with Gasteiger partial charge >= 0.3 is 0 Å². The lowest BCUT2D eigenvalue weighted by Gasteiger charge is -2.41. The molecule has 2 atom stereocenters. The molecule has 2 aromatic rings. The molecule has 1 aromatic heterocycles. The van der Waals surface area contributed by atoms with Crippen molar-refractivity contribution in [1.82, 2.24) is 15.1 Å². The average molecular weight is 339 g/mol. The van der Waals surface area contributed by atoms with E-state index in [0.717, 1.165) is 31.6 Å². The zero-order chi connectivity index (χ0) is 17.6. The number of anilines is 2. The number of hydrogen-bond donors (Lipinski definition) is 2.